The highest BCUT2D eigenvalue weighted by molar-refractivity contribution is 5.92. The molecule has 0 atom stereocenters. The molecule has 0 amide bonds. The van der Waals surface area contributed by atoms with Crippen LogP contribution in [0.3, 0.4) is 0 Å². The van der Waals surface area contributed by atoms with E-state index in [1.165, 1.54) is 4.57 Å². The molecule has 0 aliphatic carbocycles. The molecule has 110 valence electrons. The van der Waals surface area contributed by atoms with Gasteiger partial charge in [0.05, 0.1) is 5.52 Å². The highest BCUT2D eigenvalue weighted by atomic mass is 16.4. The van der Waals surface area contributed by atoms with Gasteiger partial charge in [-0.3, -0.25) is 4.79 Å². The van der Waals surface area contributed by atoms with Gasteiger partial charge < -0.3 is 5.11 Å². The summed E-state index contributed by atoms with van der Waals surface area (Å²) in [5, 5.41) is 9.98. The highest BCUT2D eigenvalue weighted by Crippen LogP contribution is 2.24. The minimum Gasteiger partial charge on any atom is -0.464 e. The maximum absolute atomic E-state index is 12.9. The van der Waals surface area contributed by atoms with Crippen molar-refractivity contribution in [1.82, 2.24) is 4.57 Å². The van der Waals surface area contributed by atoms with Gasteiger partial charge in [0.25, 0.3) is 0 Å². The van der Waals surface area contributed by atoms with Gasteiger partial charge in [0.15, 0.2) is 5.43 Å². The van der Waals surface area contributed by atoms with Gasteiger partial charge >= 0.3 is 6.09 Å². The van der Waals surface area contributed by atoms with Crippen LogP contribution < -0.4 is 5.43 Å². The van der Waals surface area contributed by atoms with E-state index >= 15 is 0 Å². The predicted octanol–water partition coefficient (Wildman–Crippen LogP) is 3.81. The van der Waals surface area contributed by atoms with Crippen LogP contribution >= 0.6 is 0 Å². The molecule has 0 radical (unpaired) electrons. The average Bonchev–Trinajstić information content (AvgIpc) is 2.49. The van der Waals surface area contributed by atoms with Gasteiger partial charge in [0.1, 0.15) is 0 Å². The monoisotopic (exact) mass is 293 g/mol. The van der Waals surface area contributed by atoms with Gasteiger partial charge in [-0.2, -0.15) is 0 Å². The SMILES string of the molecule is Cc1ccc2c(c1)c(=O)c(-c1ccccc1)c(C)n2C(=O)O. The molecule has 1 aromatic heterocycles. The summed E-state index contributed by atoms with van der Waals surface area (Å²) < 4.78 is 1.18. The van der Waals surface area contributed by atoms with Crippen molar-refractivity contribution in [3.05, 3.63) is 70.0 Å². The minimum atomic E-state index is -1.09. The van der Waals surface area contributed by atoms with Gasteiger partial charge in [-0.15, -0.1) is 0 Å². The first kappa shape index (κ1) is 14.1. The number of benzene rings is 2. The van der Waals surface area contributed by atoms with Crippen LogP contribution in [0.5, 0.6) is 0 Å². The van der Waals surface area contributed by atoms with Crippen molar-refractivity contribution in [3.8, 4) is 11.1 Å². The van der Waals surface area contributed by atoms with Crippen molar-refractivity contribution >= 4 is 17.0 Å². The van der Waals surface area contributed by atoms with Gasteiger partial charge in [-0.05, 0) is 31.5 Å². The Kier molecular flexibility index (Phi) is 3.29. The molecule has 1 heterocycles. The molecule has 0 saturated heterocycles. The molecule has 1 N–H and O–H groups in total. The van der Waals surface area contributed by atoms with Gasteiger partial charge in [0, 0.05) is 16.6 Å². The van der Waals surface area contributed by atoms with Crippen molar-refractivity contribution in [1.29, 1.82) is 0 Å². The Balaban J connectivity index is 2.54. The van der Waals surface area contributed by atoms with Crippen LogP contribution in [0.25, 0.3) is 22.0 Å². The molecule has 3 rings (SSSR count). The standard InChI is InChI=1S/C18H15NO3/c1-11-8-9-15-14(10-11)17(20)16(12(2)19(15)18(21)22)13-6-4-3-5-7-13/h3-10H,1-2H3,(H,21,22). The lowest BCUT2D eigenvalue weighted by molar-refractivity contribution is 0.197. The number of carbonyl (C=O) groups is 1. The van der Waals surface area contributed by atoms with E-state index in [1.54, 1.807) is 19.1 Å². The number of hydrogen-bond donors (Lipinski definition) is 1. The van der Waals surface area contributed by atoms with Gasteiger partial charge in [0.2, 0.25) is 0 Å². The minimum absolute atomic E-state index is 0.139. The fourth-order valence-electron chi connectivity index (χ4n) is 2.81. The Bertz CT molecular complexity index is 940. The Labute approximate surface area is 127 Å². The molecule has 0 bridgehead atoms. The zero-order valence-electron chi connectivity index (χ0n) is 12.3. The first-order chi connectivity index (χ1) is 10.5. The van der Waals surface area contributed by atoms with Crippen molar-refractivity contribution in [2.75, 3.05) is 0 Å². The Morgan fingerprint density at radius 3 is 2.36 bits per heavy atom. The smallest absolute Gasteiger partial charge is 0.416 e. The third kappa shape index (κ3) is 2.09. The lowest BCUT2D eigenvalue weighted by atomic mass is 10.00. The summed E-state index contributed by atoms with van der Waals surface area (Å²) in [6.45, 7) is 3.54. The van der Waals surface area contributed by atoms with E-state index in [2.05, 4.69) is 0 Å². The molecule has 0 spiro atoms. The molecule has 4 heteroatoms. The van der Waals surface area contributed by atoms with E-state index in [9.17, 15) is 14.7 Å². The fourth-order valence-corrected chi connectivity index (χ4v) is 2.81. The molecule has 3 aromatic rings. The van der Waals surface area contributed by atoms with E-state index in [4.69, 9.17) is 0 Å². The van der Waals surface area contributed by atoms with E-state index < -0.39 is 6.09 Å². The van der Waals surface area contributed by atoms with E-state index in [-0.39, 0.29) is 5.43 Å². The third-order valence-electron chi connectivity index (χ3n) is 3.82. The van der Waals surface area contributed by atoms with Crippen LogP contribution in [0.2, 0.25) is 0 Å². The number of hydrogen-bond acceptors (Lipinski definition) is 2. The molecule has 4 nitrogen and oxygen atoms in total. The summed E-state index contributed by atoms with van der Waals surface area (Å²) in [4.78, 5) is 24.5. The molecule has 0 unspecified atom stereocenters. The Morgan fingerprint density at radius 2 is 1.73 bits per heavy atom. The zero-order valence-corrected chi connectivity index (χ0v) is 12.3. The summed E-state index contributed by atoms with van der Waals surface area (Å²) in [7, 11) is 0. The highest BCUT2D eigenvalue weighted by Gasteiger charge is 2.18. The van der Waals surface area contributed by atoms with E-state index in [1.807, 2.05) is 43.3 Å². The van der Waals surface area contributed by atoms with E-state index in [0.717, 1.165) is 11.1 Å². The molecular weight excluding hydrogens is 278 g/mol. The normalized spacial score (nSPS) is 10.8. The van der Waals surface area contributed by atoms with E-state index in [0.29, 0.717) is 22.2 Å². The number of carboxylic acid groups (broad SMARTS) is 1. The van der Waals surface area contributed by atoms with Crippen molar-refractivity contribution in [2.45, 2.75) is 13.8 Å². The Hall–Kier alpha value is -2.88. The van der Waals surface area contributed by atoms with Crippen LogP contribution in [0.15, 0.2) is 53.3 Å². The van der Waals surface area contributed by atoms with Gasteiger partial charge in [-0.25, -0.2) is 9.36 Å². The largest absolute Gasteiger partial charge is 0.464 e. The van der Waals surface area contributed by atoms with Crippen LogP contribution in [-0.2, 0) is 0 Å². The molecule has 2 aromatic carbocycles. The first-order valence-electron chi connectivity index (χ1n) is 6.95. The van der Waals surface area contributed by atoms with Crippen molar-refractivity contribution in [3.63, 3.8) is 0 Å². The second-order valence-corrected chi connectivity index (χ2v) is 5.29. The molecular formula is C18H15NO3. The van der Waals surface area contributed by atoms with Crippen molar-refractivity contribution < 1.29 is 9.90 Å². The molecule has 22 heavy (non-hydrogen) atoms. The number of nitrogens with zero attached hydrogens (tertiary/aromatic N) is 1. The van der Waals surface area contributed by atoms with Crippen molar-refractivity contribution in [2.24, 2.45) is 0 Å². The molecule has 0 fully saturated rings. The predicted molar refractivity (Wildman–Crippen MR) is 86.5 cm³/mol. The number of rotatable bonds is 1. The first-order valence-corrected chi connectivity index (χ1v) is 6.95. The average molecular weight is 293 g/mol. The zero-order chi connectivity index (χ0) is 15.9. The third-order valence-corrected chi connectivity index (χ3v) is 3.82. The molecule has 0 aliphatic rings. The summed E-state index contributed by atoms with van der Waals surface area (Å²) in [5.41, 5.74) is 2.79. The van der Waals surface area contributed by atoms with Gasteiger partial charge in [-0.1, -0.05) is 42.0 Å². The summed E-state index contributed by atoms with van der Waals surface area (Å²) in [5.74, 6) is 0. The quantitative estimate of drug-likeness (QED) is 0.742. The summed E-state index contributed by atoms with van der Waals surface area (Å²) in [6, 6.07) is 14.4. The number of pyridine rings is 1. The lowest BCUT2D eigenvalue weighted by Crippen LogP contribution is -2.20. The maximum Gasteiger partial charge on any atom is 0.416 e. The summed E-state index contributed by atoms with van der Waals surface area (Å²) in [6.07, 6.45) is -1.09. The molecule has 0 saturated carbocycles. The second kappa shape index (κ2) is 5.15. The number of aryl methyl sites for hydroxylation is 1. The lowest BCUT2D eigenvalue weighted by Gasteiger charge is -2.15. The second-order valence-electron chi connectivity index (χ2n) is 5.29. The summed E-state index contributed by atoms with van der Waals surface area (Å²) >= 11 is 0. The van der Waals surface area contributed by atoms with Crippen LogP contribution in [0, 0.1) is 13.8 Å². The molecule has 0 aliphatic heterocycles. The maximum atomic E-state index is 12.9. The number of fused-ring (bicyclic) bond motifs is 1. The number of aromatic nitrogens is 1. The van der Waals surface area contributed by atoms with Crippen LogP contribution in [0.1, 0.15) is 11.3 Å². The van der Waals surface area contributed by atoms with Crippen LogP contribution in [-0.4, -0.2) is 15.8 Å². The Morgan fingerprint density at radius 1 is 1.05 bits per heavy atom. The fraction of sp³-hybridized carbons (Fsp3) is 0.111. The topological polar surface area (TPSA) is 59.3 Å². The van der Waals surface area contributed by atoms with Crippen LogP contribution in [0.4, 0.5) is 4.79 Å².